The summed E-state index contributed by atoms with van der Waals surface area (Å²) in [7, 11) is 2.26. The molecule has 0 aromatic heterocycles. The summed E-state index contributed by atoms with van der Waals surface area (Å²) in [6.07, 6.45) is 0. The molecule has 5 heteroatoms. The number of rotatable bonds is 5. The molecular formula is C22H32N4O+2. The van der Waals surface area contributed by atoms with Gasteiger partial charge in [-0.2, -0.15) is 0 Å². The quantitative estimate of drug-likeness (QED) is 0.613. The van der Waals surface area contributed by atoms with Gasteiger partial charge in [-0.05, 0) is 31.5 Å². The number of nitrogens with one attached hydrogen (secondary N) is 4. The molecule has 1 heterocycles. The Kier molecular flexibility index (Phi) is 6.48. The average molecular weight is 369 g/mol. The molecule has 4 N–H and O–H groups in total. The number of benzene rings is 2. The van der Waals surface area contributed by atoms with Crippen LogP contribution in [0.5, 0.6) is 0 Å². The van der Waals surface area contributed by atoms with Gasteiger partial charge in [0, 0.05) is 11.3 Å². The highest BCUT2D eigenvalue weighted by atomic mass is 16.2. The summed E-state index contributed by atoms with van der Waals surface area (Å²) in [4.78, 5) is 15.6. The van der Waals surface area contributed by atoms with Crippen molar-refractivity contribution in [3.63, 3.8) is 0 Å². The van der Waals surface area contributed by atoms with Crippen molar-refractivity contribution in [3.8, 4) is 0 Å². The van der Waals surface area contributed by atoms with E-state index in [0.717, 1.165) is 24.3 Å². The topological polar surface area (TPSA) is 50.0 Å². The predicted molar refractivity (Wildman–Crippen MR) is 109 cm³/mol. The summed E-state index contributed by atoms with van der Waals surface area (Å²) in [5, 5.41) is 6.04. The second-order valence-electron chi connectivity index (χ2n) is 7.78. The zero-order valence-corrected chi connectivity index (χ0v) is 16.6. The van der Waals surface area contributed by atoms with Crippen LogP contribution in [0.4, 0.5) is 10.5 Å². The Hall–Kier alpha value is -2.37. The van der Waals surface area contributed by atoms with Crippen molar-refractivity contribution in [1.29, 1.82) is 0 Å². The first-order valence-electron chi connectivity index (χ1n) is 9.85. The van der Waals surface area contributed by atoms with Crippen LogP contribution in [-0.2, 0) is 0 Å². The molecule has 1 atom stereocenters. The molecule has 0 saturated carbocycles. The van der Waals surface area contributed by atoms with E-state index in [2.05, 4.69) is 48.9 Å². The Morgan fingerprint density at radius 2 is 1.70 bits per heavy atom. The minimum absolute atomic E-state index is 0.142. The van der Waals surface area contributed by atoms with Gasteiger partial charge in [0.25, 0.3) is 0 Å². The average Bonchev–Trinajstić information content (AvgIpc) is 2.64. The zero-order chi connectivity index (χ0) is 19.2. The molecule has 5 nitrogen and oxygen atoms in total. The molecule has 0 bridgehead atoms. The highest BCUT2D eigenvalue weighted by Crippen LogP contribution is 2.12. The van der Waals surface area contributed by atoms with E-state index < -0.39 is 0 Å². The highest BCUT2D eigenvalue weighted by molar-refractivity contribution is 5.89. The molecule has 144 valence electrons. The minimum Gasteiger partial charge on any atom is -0.332 e. The Balaban J connectivity index is 1.65. The molecule has 1 aliphatic heterocycles. The molecule has 2 aromatic carbocycles. The maximum Gasteiger partial charge on any atom is 0.319 e. The summed E-state index contributed by atoms with van der Waals surface area (Å²) in [5.41, 5.74) is 4.52. The lowest BCUT2D eigenvalue weighted by atomic mass is 10.0. The predicted octanol–water partition coefficient (Wildman–Crippen LogP) is 0.579. The lowest BCUT2D eigenvalue weighted by molar-refractivity contribution is -1.02. The number of piperazine rings is 1. The Bertz CT molecular complexity index is 751. The summed E-state index contributed by atoms with van der Waals surface area (Å²) in [6, 6.07) is 16.7. The fourth-order valence-corrected chi connectivity index (χ4v) is 3.74. The number of carbonyl (C=O) groups excluding carboxylic acids is 1. The number of quaternary nitrogens is 2. The monoisotopic (exact) mass is 368 g/mol. The molecule has 0 radical (unpaired) electrons. The van der Waals surface area contributed by atoms with Gasteiger partial charge in [0.2, 0.25) is 0 Å². The van der Waals surface area contributed by atoms with Crippen LogP contribution in [0.1, 0.15) is 22.7 Å². The number of aryl methyl sites for hydroxylation is 2. The maximum absolute atomic E-state index is 12.4. The van der Waals surface area contributed by atoms with Crippen molar-refractivity contribution in [2.45, 2.75) is 19.9 Å². The lowest BCUT2D eigenvalue weighted by Crippen LogP contribution is -3.27. The molecule has 0 spiro atoms. The van der Waals surface area contributed by atoms with Crippen LogP contribution in [0.25, 0.3) is 0 Å². The first-order valence-corrected chi connectivity index (χ1v) is 9.85. The van der Waals surface area contributed by atoms with Crippen LogP contribution in [0.15, 0.2) is 48.5 Å². The van der Waals surface area contributed by atoms with Gasteiger partial charge in [0.05, 0.1) is 13.6 Å². The Morgan fingerprint density at radius 3 is 2.37 bits per heavy atom. The van der Waals surface area contributed by atoms with Gasteiger partial charge in [-0.1, -0.05) is 42.0 Å². The molecule has 2 amide bonds. The SMILES string of the molecule is Cc1ccc([C@H](CNC(=O)Nc2cccc(C)c2)[NH+]2CC[NH+](C)CC2)cc1. The second kappa shape index (κ2) is 9.02. The van der Waals surface area contributed by atoms with Crippen LogP contribution < -0.4 is 20.4 Å². The van der Waals surface area contributed by atoms with Gasteiger partial charge in [0.15, 0.2) is 0 Å². The number of urea groups is 1. The number of anilines is 1. The summed E-state index contributed by atoms with van der Waals surface area (Å²) < 4.78 is 0. The molecule has 3 rings (SSSR count). The van der Waals surface area contributed by atoms with Crippen LogP contribution >= 0.6 is 0 Å². The number of hydrogen-bond donors (Lipinski definition) is 4. The van der Waals surface area contributed by atoms with Gasteiger partial charge >= 0.3 is 6.03 Å². The van der Waals surface area contributed by atoms with E-state index in [0.29, 0.717) is 6.54 Å². The standard InChI is InChI=1S/C22H30N4O/c1-17-7-9-19(10-8-17)21(26-13-11-25(3)12-14-26)16-23-22(27)24-20-6-4-5-18(2)15-20/h4-10,15,21H,11-14,16H2,1-3H3,(H2,23,24,27)/p+2/t21-/m0/s1. The third-order valence-corrected chi connectivity index (χ3v) is 5.46. The van der Waals surface area contributed by atoms with Crippen molar-refractivity contribution in [3.05, 3.63) is 65.2 Å². The van der Waals surface area contributed by atoms with E-state index in [1.807, 2.05) is 31.2 Å². The van der Waals surface area contributed by atoms with Crippen LogP contribution in [-0.4, -0.2) is 45.8 Å². The maximum atomic E-state index is 12.4. The molecule has 27 heavy (non-hydrogen) atoms. The third-order valence-electron chi connectivity index (χ3n) is 5.46. The Morgan fingerprint density at radius 1 is 1.00 bits per heavy atom. The van der Waals surface area contributed by atoms with E-state index >= 15 is 0 Å². The first kappa shape index (κ1) is 19.4. The number of amides is 2. The number of likely N-dealkylation sites (N-methyl/N-ethyl adjacent to an activating group) is 1. The summed E-state index contributed by atoms with van der Waals surface area (Å²) >= 11 is 0. The zero-order valence-electron chi connectivity index (χ0n) is 16.6. The van der Waals surface area contributed by atoms with E-state index in [-0.39, 0.29) is 12.1 Å². The largest absolute Gasteiger partial charge is 0.332 e. The van der Waals surface area contributed by atoms with Crippen molar-refractivity contribution in [1.82, 2.24) is 5.32 Å². The highest BCUT2D eigenvalue weighted by Gasteiger charge is 2.29. The fraction of sp³-hybridized carbons (Fsp3) is 0.409. The summed E-state index contributed by atoms with van der Waals surface area (Å²) in [5.74, 6) is 0. The molecule has 0 unspecified atom stereocenters. The van der Waals surface area contributed by atoms with Gasteiger partial charge in [0.1, 0.15) is 32.2 Å². The molecule has 1 saturated heterocycles. The van der Waals surface area contributed by atoms with Crippen molar-refractivity contribution >= 4 is 11.7 Å². The fourth-order valence-electron chi connectivity index (χ4n) is 3.74. The first-order chi connectivity index (χ1) is 13.0. The van der Waals surface area contributed by atoms with E-state index in [9.17, 15) is 4.79 Å². The van der Waals surface area contributed by atoms with Crippen LogP contribution in [0.2, 0.25) is 0 Å². The van der Waals surface area contributed by atoms with Crippen molar-refractivity contribution in [2.75, 3.05) is 45.1 Å². The van der Waals surface area contributed by atoms with Crippen LogP contribution in [0.3, 0.4) is 0 Å². The van der Waals surface area contributed by atoms with Crippen molar-refractivity contribution in [2.24, 2.45) is 0 Å². The minimum atomic E-state index is -0.142. The smallest absolute Gasteiger partial charge is 0.319 e. The summed E-state index contributed by atoms with van der Waals surface area (Å²) in [6.45, 7) is 9.38. The molecule has 0 aliphatic carbocycles. The molecular weight excluding hydrogens is 336 g/mol. The number of carbonyl (C=O) groups is 1. The van der Waals surface area contributed by atoms with Crippen LogP contribution in [0, 0.1) is 13.8 Å². The van der Waals surface area contributed by atoms with E-state index in [1.54, 1.807) is 9.80 Å². The Labute approximate surface area is 162 Å². The third kappa shape index (κ3) is 5.55. The van der Waals surface area contributed by atoms with Gasteiger partial charge in [-0.25, -0.2) is 4.79 Å². The van der Waals surface area contributed by atoms with Gasteiger partial charge < -0.3 is 20.4 Å². The lowest BCUT2D eigenvalue weighted by Gasteiger charge is -2.33. The normalized spacial score (nSPS) is 20.7. The number of hydrogen-bond acceptors (Lipinski definition) is 1. The molecule has 2 aromatic rings. The van der Waals surface area contributed by atoms with E-state index in [1.165, 1.54) is 24.2 Å². The van der Waals surface area contributed by atoms with Gasteiger partial charge in [-0.15, -0.1) is 0 Å². The molecule has 1 fully saturated rings. The van der Waals surface area contributed by atoms with Gasteiger partial charge in [-0.3, -0.25) is 0 Å². The van der Waals surface area contributed by atoms with Crippen molar-refractivity contribution < 1.29 is 14.6 Å². The second-order valence-corrected chi connectivity index (χ2v) is 7.78. The van der Waals surface area contributed by atoms with E-state index in [4.69, 9.17) is 0 Å². The molecule has 1 aliphatic rings.